The number of para-hydroxylation sites is 1. The van der Waals surface area contributed by atoms with Gasteiger partial charge in [-0.1, -0.05) is 39.0 Å². The number of piperidine rings is 1. The summed E-state index contributed by atoms with van der Waals surface area (Å²) in [4.78, 5) is 32.1. The molecule has 1 N–H and O–H groups in total. The van der Waals surface area contributed by atoms with E-state index >= 15 is 0 Å². The number of rotatable bonds is 5. The van der Waals surface area contributed by atoms with Gasteiger partial charge in [0.1, 0.15) is 0 Å². The maximum atomic E-state index is 13.5. The first-order valence-corrected chi connectivity index (χ1v) is 10.4. The molecule has 0 spiro atoms. The van der Waals surface area contributed by atoms with E-state index in [2.05, 4.69) is 12.2 Å². The Balaban J connectivity index is 1.83. The molecule has 1 aromatic heterocycles. The van der Waals surface area contributed by atoms with Crippen molar-refractivity contribution in [2.45, 2.75) is 47.0 Å². The molecule has 1 aromatic carbocycles. The molecule has 1 unspecified atom stereocenters. The molecule has 5 heteroatoms. The summed E-state index contributed by atoms with van der Waals surface area (Å²) in [6.45, 7) is 9.97. The Labute approximate surface area is 167 Å². The lowest BCUT2D eigenvalue weighted by atomic mass is 9.94. The Kier molecular flexibility index (Phi) is 6.32. The molecule has 1 atom stereocenters. The smallest absolute Gasteiger partial charge is 0.254 e. The third-order valence-corrected chi connectivity index (χ3v) is 5.68. The number of benzene rings is 1. The standard InChI is InChI=1S/C23H31N3O2/c1-5-19-16(4)21(18-10-6-7-11-20(18)25-19)23(28)26-12-8-9-17(14-26)13-24-22(27)15(2)3/h6-7,10-11,15,17H,5,8-9,12-14H2,1-4H3,(H,24,27). The van der Waals surface area contributed by atoms with Gasteiger partial charge in [-0.05, 0) is 43.7 Å². The third kappa shape index (κ3) is 4.18. The first-order valence-electron chi connectivity index (χ1n) is 10.4. The van der Waals surface area contributed by atoms with Crippen LogP contribution in [0.4, 0.5) is 0 Å². The molecule has 0 saturated carbocycles. The van der Waals surface area contributed by atoms with Crippen LogP contribution in [-0.4, -0.2) is 41.3 Å². The predicted octanol–water partition coefficient (Wildman–Crippen LogP) is 3.73. The Morgan fingerprint density at radius 1 is 1.29 bits per heavy atom. The molecule has 5 nitrogen and oxygen atoms in total. The number of likely N-dealkylation sites (tertiary alicyclic amines) is 1. The molecule has 2 amide bonds. The van der Waals surface area contributed by atoms with Crippen molar-refractivity contribution in [2.24, 2.45) is 11.8 Å². The summed E-state index contributed by atoms with van der Waals surface area (Å²) in [5.74, 6) is 0.455. The van der Waals surface area contributed by atoms with Crippen LogP contribution >= 0.6 is 0 Å². The van der Waals surface area contributed by atoms with E-state index < -0.39 is 0 Å². The predicted molar refractivity (Wildman–Crippen MR) is 112 cm³/mol. The van der Waals surface area contributed by atoms with Crippen LogP contribution in [0.25, 0.3) is 10.9 Å². The Hall–Kier alpha value is -2.43. The van der Waals surface area contributed by atoms with E-state index in [1.54, 1.807) is 0 Å². The second kappa shape index (κ2) is 8.72. The van der Waals surface area contributed by atoms with Gasteiger partial charge in [-0.15, -0.1) is 0 Å². The number of aromatic nitrogens is 1. The summed E-state index contributed by atoms with van der Waals surface area (Å²) >= 11 is 0. The highest BCUT2D eigenvalue weighted by Gasteiger charge is 2.27. The van der Waals surface area contributed by atoms with Gasteiger partial charge in [-0.25, -0.2) is 0 Å². The minimum Gasteiger partial charge on any atom is -0.356 e. The van der Waals surface area contributed by atoms with Crippen LogP contribution in [-0.2, 0) is 11.2 Å². The first-order chi connectivity index (χ1) is 13.4. The van der Waals surface area contributed by atoms with E-state index in [0.717, 1.165) is 53.5 Å². The molecule has 1 aliphatic rings. The molecule has 1 saturated heterocycles. The number of nitrogens with one attached hydrogen (secondary N) is 1. The van der Waals surface area contributed by atoms with E-state index in [-0.39, 0.29) is 17.7 Å². The number of aryl methyl sites for hydroxylation is 1. The van der Waals surface area contributed by atoms with Crippen LogP contribution in [0.2, 0.25) is 0 Å². The maximum Gasteiger partial charge on any atom is 0.254 e. The minimum atomic E-state index is -0.0142. The summed E-state index contributed by atoms with van der Waals surface area (Å²) < 4.78 is 0. The number of hydrogen-bond donors (Lipinski definition) is 1. The van der Waals surface area contributed by atoms with Crippen LogP contribution in [0.5, 0.6) is 0 Å². The molecule has 1 fully saturated rings. The Morgan fingerprint density at radius 2 is 2.04 bits per heavy atom. The van der Waals surface area contributed by atoms with Gasteiger partial charge in [-0.2, -0.15) is 0 Å². The highest BCUT2D eigenvalue weighted by atomic mass is 16.2. The molecule has 1 aliphatic heterocycles. The number of carbonyl (C=O) groups is 2. The summed E-state index contributed by atoms with van der Waals surface area (Å²) in [7, 11) is 0. The van der Waals surface area contributed by atoms with Crippen LogP contribution in [0.1, 0.15) is 55.2 Å². The SMILES string of the molecule is CCc1nc2ccccc2c(C(=O)N2CCCC(CNC(=O)C(C)C)C2)c1C. The zero-order valence-corrected chi connectivity index (χ0v) is 17.4. The van der Waals surface area contributed by atoms with Gasteiger partial charge in [0.15, 0.2) is 0 Å². The van der Waals surface area contributed by atoms with E-state index in [1.165, 1.54) is 0 Å². The van der Waals surface area contributed by atoms with Crippen molar-refractivity contribution in [3.8, 4) is 0 Å². The number of fused-ring (bicyclic) bond motifs is 1. The van der Waals surface area contributed by atoms with Crippen molar-refractivity contribution in [1.82, 2.24) is 15.2 Å². The second-order valence-corrected chi connectivity index (χ2v) is 8.09. The van der Waals surface area contributed by atoms with E-state index in [4.69, 9.17) is 4.98 Å². The molecular formula is C23H31N3O2. The van der Waals surface area contributed by atoms with Crippen LogP contribution in [0.15, 0.2) is 24.3 Å². The molecule has 2 aromatic rings. The molecule has 28 heavy (non-hydrogen) atoms. The van der Waals surface area contributed by atoms with Gasteiger partial charge in [0, 0.05) is 36.6 Å². The number of amides is 2. The highest BCUT2D eigenvalue weighted by molar-refractivity contribution is 6.07. The number of pyridine rings is 1. The Morgan fingerprint density at radius 3 is 2.75 bits per heavy atom. The van der Waals surface area contributed by atoms with Gasteiger partial charge in [0.05, 0.1) is 11.1 Å². The Bertz CT molecular complexity index is 876. The maximum absolute atomic E-state index is 13.5. The van der Waals surface area contributed by atoms with Gasteiger partial charge in [-0.3, -0.25) is 14.6 Å². The minimum absolute atomic E-state index is 0.0142. The molecule has 0 bridgehead atoms. The largest absolute Gasteiger partial charge is 0.356 e. The van der Waals surface area contributed by atoms with E-state index in [0.29, 0.717) is 19.0 Å². The quantitative estimate of drug-likeness (QED) is 0.858. The lowest BCUT2D eigenvalue weighted by Crippen LogP contribution is -2.44. The van der Waals surface area contributed by atoms with Gasteiger partial charge in [0.2, 0.25) is 5.91 Å². The van der Waals surface area contributed by atoms with Crippen molar-refractivity contribution in [2.75, 3.05) is 19.6 Å². The first kappa shape index (κ1) is 20.3. The van der Waals surface area contributed by atoms with Crippen LogP contribution in [0.3, 0.4) is 0 Å². The highest BCUT2D eigenvalue weighted by Crippen LogP contribution is 2.27. The molecular weight excluding hydrogens is 350 g/mol. The van der Waals surface area contributed by atoms with Gasteiger partial charge < -0.3 is 10.2 Å². The summed E-state index contributed by atoms with van der Waals surface area (Å²) in [5, 5.41) is 3.95. The molecule has 0 aliphatic carbocycles. The average Bonchev–Trinajstić information content (AvgIpc) is 2.71. The average molecular weight is 382 g/mol. The van der Waals surface area contributed by atoms with Gasteiger partial charge in [0.25, 0.3) is 5.91 Å². The second-order valence-electron chi connectivity index (χ2n) is 8.09. The molecule has 150 valence electrons. The normalized spacial score (nSPS) is 17.2. The van der Waals surface area contributed by atoms with Crippen molar-refractivity contribution in [3.05, 3.63) is 41.1 Å². The van der Waals surface area contributed by atoms with E-state index in [1.807, 2.05) is 49.9 Å². The molecule has 3 rings (SSSR count). The zero-order valence-electron chi connectivity index (χ0n) is 17.4. The van der Waals surface area contributed by atoms with E-state index in [9.17, 15) is 9.59 Å². The summed E-state index contributed by atoms with van der Waals surface area (Å²) in [6.07, 6.45) is 2.82. The van der Waals surface area contributed by atoms with Crippen molar-refractivity contribution in [1.29, 1.82) is 0 Å². The zero-order chi connectivity index (χ0) is 20.3. The fraction of sp³-hybridized carbons (Fsp3) is 0.522. The summed E-state index contributed by atoms with van der Waals surface area (Å²) in [6, 6.07) is 7.90. The third-order valence-electron chi connectivity index (χ3n) is 5.68. The number of hydrogen-bond acceptors (Lipinski definition) is 3. The van der Waals surface area contributed by atoms with Crippen LogP contribution < -0.4 is 5.32 Å². The monoisotopic (exact) mass is 381 g/mol. The van der Waals surface area contributed by atoms with Crippen molar-refractivity contribution in [3.63, 3.8) is 0 Å². The molecule has 0 radical (unpaired) electrons. The van der Waals surface area contributed by atoms with Crippen LogP contribution in [0, 0.1) is 18.8 Å². The number of nitrogens with zero attached hydrogens (tertiary/aromatic N) is 2. The lowest BCUT2D eigenvalue weighted by Gasteiger charge is -2.33. The lowest BCUT2D eigenvalue weighted by molar-refractivity contribution is -0.124. The van der Waals surface area contributed by atoms with Crippen molar-refractivity contribution >= 4 is 22.7 Å². The topological polar surface area (TPSA) is 62.3 Å². The van der Waals surface area contributed by atoms with Gasteiger partial charge >= 0.3 is 0 Å². The molecule has 2 heterocycles. The summed E-state index contributed by atoms with van der Waals surface area (Å²) in [5.41, 5.74) is 3.64. The van der Waals surface area contributed by atoms with Crippen molar-refractivity contribution < 1.29 is 9.59 Å². The number of carbonyl (C=O) groups excluding carboxylic acids is 2. The fourth-order valence-corrected chi connectivity index (χ4v) is 4.00. The fourth-order valence-electron chi connectivity index (χ4n) is 4.00.